The number of hydrogen-bond acceptors (Lipinski definition) is 4. The SMILES string of the molecule is CCCNC(=O)C(=O)NCCCN1CCN(c2ccc(Cl)cc2)CC1. The lowest BCUT2D eigenvalue weighted by Crippen LogP contribution is -2.47. The van der Waals surface area contributed by atoms with E-state index in [2.05, 4.69) is 32.6 Å². The van der Waals surface area contributed by atoms with Gasteiger partial charge in [-0.05, 0) is 43.7 Å². The normalized spacial score (nSPS) is 15.0. The first kappa shape index (κ1) is 19.5. The van der Waals surface area contributed by atoms with Crippen molar-refractivity contribution in [3.8, 4) is 0 Å². The second kappa shape index (κ2) is 10.3. The lowest BCUT2D eigenvalue weighted by atomic mass is 10.2. The summed E-state index contributed by atoms with van der Waals surface area (Å²) in [5, 5.41) is 6.00. The van der Waals surface area contributed by atoms with Gasteiger partial charge >= 0.3 is 11.8 Å². The maximum absolute atomic E-state index is 11.6. The predicted octanol–water partition coefficient (Wildman–Crippen LogP) is 1.49. The Kier molecular flexibility index (Phi) is 8.01. The van der Waals surface area contributed by atoms with Gasteiger partial charge in [0.2, 0.25) is 0 Å². The van der Waals surface area contributed by atoms with Crippen LogP contribution in [0.1, 0.15) is 19.8 Å². The van der Waals surface area contributed by atoms with E-state index in [9.17, 15) is 9.59 Å². The molecule has 0 atom stereocenters. The minimum atomic E-state index is -0.543. The van der Waals surface area contributed by atoms with Crippen molar-refractivity contribution in [2.75, 3.05) is 50.7 Å². The zero-order chi connectivity index (χ0) is 18.1. The molecule has 1 fully saturated rings. The average Bonchev–Trinajstić information content (AvgIpc) is 2.64. The number of halogens is 1. The van der Waals surface area contributed by atoms with Gasteiger partial charge in [0.25, 0.3) is 0 Å². The average molecular weight is 367 g/mol. The van der Waals surface area contributed by atoms with Gasteiger partial charge in [-0.3, -0.25) is 14.5 Å². The molecule has 6 nitrogen and oxygen atoms in total. The molecule has 138 valence electrons. The van der Waals surface area contributed by atoms with E-state index in [-0.39, 0.29) is 0 Å². The second-order valence-corrected chi connectivity index (χ2v) is 6.61. The standard InChI is InChI=1S/C18H27ClN4O2/c1-2-8-20-17(24)18(25)21-9-3-10-22-11-13-23(14-12-22)16-6-4-15(19)5-7-16/h4-7H,2-3,8-14H2,1H3,(H,20,24)(H,21,25). The van der Waals surface area contributed by atoms with Gasteiger partial charge in [0.15, 0.2) is 0 Å². The number of rotatable bonds is 7. The van der Waals surface area contributed by atoms with Crippen LogP contribution in [0.4, 0.5) is 5.69 Å². The first-order valence-corrected chi connectivity index (χ1v) is 9.27. The van der Waals surface area contributed by atoms with E-state index < -0.39 is 11.8 Å². The molecule has 2 amide bonds. The van der Waals surface area contributed by atoms with E-state index >= 15 is 0 Å². The van der Waals surface area contributed by atoms with Crippen LogP contribution in [0.15, 0.2) is 24.3 Å². The third kappa shape index (κ3) is 6.55. The zero-order valence-electron chi connectivity index (χ0n) is 14.8. The molecule has 2 N–H and O–H groups in total. The lowest BCUT2D eigenvalue weighted by Gasteiger charge is -2.36. The van der Waals surface area contributed by atoms with E-state index in [1.54, 1.807) is 0 Å². The van der Waals surface area contributed by atoms with Gasteiger partial charge in [-0.2, -0.15) is 0 Å². The monoisotopic (exact) mass is 366 g/mol. The smallest absolute Gasteiger partial charge is 0.309 e. The molecule has 0 aliphatic carbocycles. The predicted molar refractivity (Wildman–Crippen MR) is 101 cm³/mol. The summed E-state index contributed by atoms with van der Waals surface area (Å²) >= 11 is 5.93. The Hall–Kier alpha value is -1.79. The van der Waals surface area contributed by atoms with Crippen LogP contribution in [0.25, 0.3) is 0 Å². The van der Waals surface area contributed by atoms with Gasteiger partial charge in [0.1, 0.15) is 0 Å². The zero-order valence-corrected chi connectivity index (χ0v) is 15.5. The van der Waals surface area contributed by atoms with Crippen LogP contribution >= 0.6 is 11.6 Å². The minimum Gasteiger partial charge on any atom is -0.369 e. The summed E-state index contributed by atoms with van der Waals surface area (Å²) in [5.41, 5.74) is 1.20. The van der Waals surface area contributed by atoms with Crippen molar-refractivity contribution in [3.05, 3.63) is 29.3 Å². The van der Waals surface area contributed by atoms with Crippen LogP contribution in [0.2, 0.25) is 5.02 Å². The summed E-state index contributed by atoms with van der Waals surface area (Å²) in [4.78, 5) is 27.8. The van der Waals surface area contributed by atoms with E-state index in [4.69, 9.17) is 11.6 Å². The van der Waals surface area contributed by atoms with Gasteiger partial charge in [-0.1, -0.05) is 18.5 Å². The molecule has 7 heteroatoms. The highest BCUT2D eigenvalue weighted by Gasteiger charge is 2.17. The molecule has 0 unspecified atom stereocenters. The molecule has 0 aromatic heterocycles. The van der Waals surface area contributed by atoms with Crippen LogP contribution in [0, 0.1) is 0 Å². The number of benzene rings is 1. The molecular formula is C18H27ClN4O2. The van der Waals surface area contributed by atoms with Crippen molar-refractivity contribution in [3.63, 3.8) is 0 Å². The Morgan fingerprint density at radius 1 is 1.00 bits per heavy atom. The highest BCUT2D eigenvalue weighted by Crippen LogP contribution is 2.19. The van der Waals surface area contributed by atoms with Crippen molar-refractivity contribution in [1.29, 1.82) is 0 Å². The van der Waals surface area contributed by atoms with Crippen molar-refractivity contribution >= 4 is 29.1 Å². The Morgan fingerprint density at radius 3 is 2.20 bits per heavy atom. The van der Waals surface area contributed by atoms with Crippen LogP contribution in [0.5, 0.6) is 0 Å². The molecule has 1 aliphatic heterocycles. The number of amides is 2. The number of carbonyl (C=O) groups is 2. The Bertz CT molecular complexity index is 557. The third-order valence-electron chi connectivity index (χ3n) is 4.24. The molecule has 1 aliphatic rings. The maximum Gasteiger partial charge on any atom is 0.309 e. The second-order valence-electron chi connectivity index (χ2n) is 6.17. The molecule has 1 saturated heterocycles. The van der Waals surface area contributed by atoms with Gasteiger partial charge < -0.3 is 15.5 Å². The molecular weight excluding hydrogens is 340 g/mol. The molecule has 0 spiro atoms. The quantitative estimate of drug-likeness (QED) is 0.567. The molecule has 0 bridgehead atoms. The van der Waals surface area contributed by atoms with Crippen molar-refractivity contribution in [2.24, 2.45) is 0 Å². The molecule has 0 saturated carbocycles. The number of nitrogens with zero attached hydrogens (tertiary/aromatic N) is 2. The van der Waals surface area contributed by atoms with E-state index in [0.29, 0.717) is 13.1 Å². The highest BCUT2D eigenvalue weighted by molar-refractivity contribution is 6.35. The van der Waals surface area contributed by atoms with Crippen LogP contribution in [-0.2, 0) is 9.59 Å². The van der Waals surface area contributed by atoms with Gasteiger partial charge in [0.05, 0.1) is 0 Å². The Labute approximate surface area is 154 Å². The van der Waals surface area contributed by atoms with E-state index in [1.165, 1.54) is 5.69 Å². The molecule has 1 heterocycles. The fraction of sp³-hybridized carbons (Fsp3) is 0.556. The topological polar surface area (TPSA) is 64.7 Å². The first-order chi connectivity index (χ1) is 12.1. The van der Waals surface area contributed by atoms with Gasteiger partial charge in [-0.15, -0.1) is 0 Å². The summed E-state index contributed by atoms with van der Waals surface area (Å²) in [6, 6.07) is 7.94. The first-order valence-electron chi connectivity index (χ1n) is 8.89. The lowest BCUT2D eigenvalue weighted by molar-refractivity contribution is -0.139. The van der Waals surface area contributed by atoms with Crippen LogP contribution in [0.3, 0.4) is 0 Å². The molecule has 1 aromatic carbocycles. The number of hydrogen-bond donors (Lipinski definition) is 2. The molecule has 1 aromatic rings. The molecule has 25 heavy (non-hydrogen) atoms. The Balaban J connectivity index is 1.60. The van der Waals surface area contributed by atoms with E-state index in [0.717, 1.165) is 50.6 Å². The van der Waals surface area contributed by atoms with Crippen LogP contribution in [-0.4, -0.2) is 62.5 Å². The van der Waals surface area contributed by atoms with Crippen LogP contribution < -0.4 is 15.5 Å². The van der Waals surface area contributed by atoms with Crippen molar-refractivity contribution in [1.82, 2.24) is 15.5 Å². The molecule has 2 rings (SSSR count). The summed E-state index contributed by atoms with van der Waals surface area (Å²) in [6.45, 7) is 7.87. The number of anilines is 1. The molecule has 0 radical (unpaired) electrons. The summed E-state index contributed by atoms with van der Waals surface area (Å²) < 4.78 is 0. The Morgan fingerprint density at radius 2 is 1.60 bits per heavy atom. The van der Waals surface area contributed by atoms with Gasteiger partial charge in [0, 0.05) is 50.0 Å². The summed E-state index contributed by atoms with van der Waals surface area (Å²) in [6.07, 6.45) is 1.66. The van der Waals surface area contributed by atoms with Crippen molar-refractivity contribution in [2.45, 2.75) is 19.8 Å². The van der Waals surface area contributed by atoms with Crippen molar-refractivity contribution < 1.29 is 9.59 Å². The fourth-order valence-corrected chi connectivity index (χ4v) is 2.91. The number of carbonyl (C=O) groups excluding carboxylic acids is 2. The minimum absolute atomic E-state index is 0.524. The highest BCUT2D eigenvalue weighted by atomic mass is 35.5. The third-order valence-corrected chi connectivity index (χ3v) is 4.49. The number of piperazine rings is 1. The van der Waals surface area contributed by atoms with Gasteiger partial charge in [-0.25, -0.2) is 0 Å². The number of nitrogens with one attached hydrogen (secondary N) is 2. The fourth-order valence-electron chi connectivity index (χ4n) is 2.79. The maximum atomic E-state index is 11.6. The summed E-state index contributed by atoms with van der Waals surface area (Å²) in [5.74, 6) is -1.08. The summed E-state index contributed by atoms with van der Waals surface area (Å²) in [7, 11) is 0. The van der Waals surface area contributed by atoms with E-state index in [1.807, 2.05) is 19.1 Å². The largest absolute Gasteiger partial charge is 0.369 e.